The van der Waals surface area contributed by atoms with E-state index in [2.05, 4.69) is 54.6 Å². The Balaban J connectivity index is 2.80. The van der Waals surface area contributed by atoms with E-state index in [1.165, 1.54) is 0 Å². The monoisotopic (exact) mass is 282 g/mol. The van der Waals surface area contributed by atoms with Crippen LogP contribution in [0.15, 0.2) is 6.07 Å². The van der Waals surface area contributed by atoms with E-state index in [-0.39, 0.29) is 0 Å². The van der Waals surface area contributed by atoms with Crippen LogP contribution in [0.25, 0.3) is 0 Å². The molecular weight excluding hydrogens is 256 g/mol. The molecule has 0 saturated heterocycles. The normalized spacial score (nSPS) is 12.5. The first-order valence-corrected chi connectivity index (χ1v) is 8.34. The molecule has 0 aliphatic heterocycles. The lowest BCUT2D eigenvalue weighted by Crippen LogP contribution is -2.18. The molecule has 2 N–H and O–H groups in total. The van der Waals surface area contributed by atoms with E-state index in [0.29, 0.717) is 12.0 Å². The van der Waals surface area contributed by atoms with Gasteiger partial charge < -0.3 is 10.6 Å². The van der Waals surface area contributed by atoms with Crippen LogP contribution in [0, 0.1) is 0 Å². The van der Waals surface area contributed by atoms with E-state index in [1.54, 1.807) is 0 Å². The molecule has 1 aromatic heterocycles. The SMILES string of the molecule is CCNc1cc(NC(C)CCSC)nc(C(C)C)n1. The molecular formula is C14H26N4S. The summed E-state index contributed by atoms with van der Waals surface area (Å²) in [6.45, 7) is 9.37. The van der Waals surface area contributed by atoms with Gasteiger partial charge in [0.2, 0.25) is 0 Å². The van der Waals surface area contributed by atoms with Crippen molar-refractivity contribution in [1.82, 2.24) is 9.97 Å². The Morgan fingerprint density at radius 1 is 1.21 bits per heavy atom. The molecule has 0 amide bonds. The van der Waals surface area contributed by atoms with Gasteiger partial charge in [0.05, 0.1) is 0 Å². The quantitative estimate of drug-likeness (QED) is 0.763. The summed E-state index contributed by atoms with van der Waals surface area (Å²) in [6, 6.07) is 2.42. The Hall–Kier alpha value is -0.970. The highest BCUT2D eigenvalue weighted by atomic mass is 32.2. The van der Waals surface area contributed by atoms with E-state index in [1.807, 2.05) is 17.8 Å². The van der Waals surface area contributed by atoms with Gasteiger partial charge in [0, 0.05) is 24.6 Å². The Kier molecular flexibility index (Phi) is 6.99. The summed E-state index contributed by atoms with van der Waals surface area (Å²) in [5, 5.41) is 6.73. The molecule has 4 nitrogen and oxygen atoms in total. The van der Waals surface area contributed by atoms with Gasteiger partial charge in [-0.15, -0.1) is 0 Å². The van der Waals surface area contributed by atoms with Crippen LogP contribution in [0.2, 0.25) is 0 Å². The van der Waals surface area contributed by atoms with E-state index >= 15 is 0 Å². The highest BCUT2D eigenvalue weighted by Crippen LogP contribution is 2.18. The predicted molar refractivity (Wildman–Crippen MR) is 86.4 cm³/mol. The maximum atomic E-state index is 4.59. The third-order valence-electron chi connectivity index (χ3n) is 2.77. The Labute approximate surface area is 121 Å². The van der Waals surface area contributed by atoms with Crippen molar-refractivity contribution in [1.29, 1.82) is 0 Å². The maximum Gasteiger partial charge on any atom is 0.135 e. The van der Waals surface area contributed by atoms with Crippen molar-refractivity contribution in [3.8, 4) is 0 Å². The van der Waals surface area contributed by atoms with Gasteiger partial charge in [-0.2, -0.15) is 11.8 Å². The first-order chi connectivity index (χ1) is 9.06. The van der Waals surface area contributed by atoms with Crippen molar-refractivity contribution < 1.29 is 0 Å². The summed E-state index contributed by atoms with van der Waals surface area (Å²) >= 11 is 1.87. The fourth-order valence-electron chi connectivity index (χ4n) is 1.69. The third kappa shape index (κ3) is 5.68. The Morgan fingerprint density at radius 3 is 2.47 bits per heavy atom. The summed E-state index contributed by atoms with van der Waals surface area (Å²) in [5.41, 5.74) is 0. The minimum Gasteiger partial charge on any atom is -0.370 e. The van der Waals surface area contributed by atoms with Gasteiger partial charge in [-0.1, -0.05) is 13.8 Å². The maximum absolute atomic E-state index is 4.59. The number of anilines is 2. The lowest BCUT2D eigenvalue weighted by molar-refractivity contribution is 0.746. The lowest BCUT2D eigenvalue weighted by atomic mass is 10.2. The standard InChI is InChI=1S/C14H26N4S/c1-6-15-12-9-13(16-11(4)7-8-19-5)18-14(17-12)10(2)3/h9-11H,6-8H2,1-5H3,(H2,15,16,17,18). The van der Waals surface area contributed by atoms with E-state index in [9.17, 15) is 0 Å². The van der Waals surface area contributed by atoms with Crippen molar-refractivity contribution in [2.75, 3.05) is 29.2 Å². The number of hydrogen-bond acceptors (Lipinski definition) is 5. The molecule has 1 heterocycles. The highest BCUT2D eigenvalue weighted by Gasteiger charge is 2.09. The van der Waals surface area contributed by atoms with Gasteiger partial charge in [-0.3, -0.25) is 0 Å². The molecule has 5 heteroatoms. The molecule has 0 radical (unpaired) electrons. The molecule has 0 aromatic carbocycles. The van der Waals surface area contributed by atoms with E-state index in [4.69, 9.17) is 0 Å². The summed E-state index contributed by atoms with van der Waals surface area (Å²) in [7, 11) is 0. The van der Waals surface area contributed by atoms with Crippen LogP contribution in [0.3, 0.4) is 0 Å². The average Bonchev–Trinajstić information content (AvgIpc) is 2.36. The van der Waals surface area contributed by atoms with Gasteiger partial charge in [-0.05, 0) is 32.3 Å². The minimum atomic E-state index is 0.334. The molecule has 1 atom stereocenters. The molecule has 0 spiro atoms. The zero-order chi connectivity index (χ0) is 14.3. The van der Waals surface area contributed by atoms with Crippen molar-refractivity contribution in [3.63, 3.8) is 0 Å². The second-order valence-electron chi connectivity index (χ2n) is 5.01. The van der Waals surface area contributed by atoms with E-state index < -0.39 is 0 Å². The summed E-state index contributed by atoms with van der Waals surface area (Å²) in [4.78, 5) is 9.12. The van der Waals surface area contributed by atoms with Gasteiger partial charge >= 0.3 is 0 Å². The number of nitrogens with zero attached hydrogens (tertiary/aromatic N) is 2. The fraction of sp³-hybridized carbons (Fsp3) is 0.714. The fourth-order valence-corrected chi connectivity index (χ4v) is 2.28. The zero-order valence-electron chi connectivity index (χ0n) is 12.7. The molecule has 108 valence electrons. The molecule has 1 unspecified atom stereocenters. The van der Waals surface area contributed by atoms with Crippen LogP contribution in [0.1, 0.15) is 45.9 Å². The summed E-state index contributed by atoms with van der Waals surface area (Å²) < 4.78 is 0. The third-order valence-corrected chi connectivity index (χ3v) is 3.41. The summed E-state index contributed by atoms with van der Waals surface area (Å²) in [6.07, 6.45) is 3.27. The van der Waals surface area contributed by atoms with Crippen LogP contribution in [-0.2, 0) is 0 Å². The molecule has 0 saturated carbocycles. The largest absolute Gasteiger partial charge is 0.370 e. The average molecular weight is 282 g/mol. The molecule has 1 rings (SSSR count). The van der Waals surface area contributed by atoms with Crippen molar-refractivity contribution >= 4 is 23.4 Å². The van der Waals surface area contributed by atoms with Crippen LogP contribution in [-0.4, -0.2) is 34.6 Å². The Morgan fingerprint density at radius 2 is 1.89 bits per heavy atom. The number of aromatic nitrogens is 2. The van der Waals surface area contributed by atoms with Crippen molar-refractivity contribution in [2.24, 2.45) is 0 Å². The smallest absolute Gasteiger partial charge is 0.135 e. The number of hydrogen-bond donors (Lipinski definition) is 2. The molecule has 1 aromatic rings. The van der Waals surface area contributed by atoms with Gasteiger partial charge in [-0.25, -0.2) is 9.97 Å². The highest BCUT2D eigenvalue weighted by molar-refractivity contribution is 7.98. The first kappa shape index (κ1) is 16.1. The van der Waals surface area contributed by atoms with Crippen LogP contribution in [0.4, 0.5) is 11.6 Å². The first-order valence-electron chi connectivity index (χ1n) is 6.95. The van der Waals surface area contributed by atoms with Gasteiger partial charge in [0.25, 0.3) is 0 Å². The minimum absolute atomic E-state index is 0.334. The molecule has 19 heavy (non-hydrogen) atoms. The topological polar surface area (TPSA) is 49.8 Å². The van der Waals surface area contributed by atoms with Crippen LogP contribution < -0.4 is 10.6 Å². The lowest BCUT2D eigenvalue weighted by Gasteiger charge is -2.16. The van der Waals surface area contributed by atoms with Crippen LogP contribution in [0.5, 0.6) is 0 Å². The summed E-state index contributed by atoms with van der Waals surface area (Å²) in [5.74, 6) is 4.21. The zero-order valence-corrected chi connectivity index (χ0v) is 13.5. The second kappa shape index (κ2) is 8.25. The Bertz CT molecular complexity index is 382. The number of nitrogens with one attached hydrogen (secondary N) is 2. The van der Waals surface area contributed by atoms with Crippen molar-refractivity contribution in [3.05, 3.63) is 11.9 Å². The van der Waals surface area contributed by atoms with E-state index in [0.717, 1.165) is 36.2 Å². The molecule has 0 fully saturated rings. The second-order valence-corrected chi connectivity index (χ2v) is 5.99. The predicted octanol–water partition coefficient (Wildman–Crippen LogP) is 3.59. The number of rotatable bonds is 8. The van der Waals surface area contributed by atoms with Crippen LogP contribution >= 0.6 is 11.8 Å². The molecule has 0 aliphatic carbocycles. The number of thioether (sulfide) groups is 1. The van der Waals surface area contributed by atoms with Crippen molar-refractivity contribution in [2.45, 2.75) is 46.1 Å². The van der Waals surface area contributed by atoms with Gasteiger partial charge in [0.15, 0.2) is 0 Å². The molecule has 0 bridgehead atoms. The van der Waals surface area contributed by atoms with Gasteiger partial charge in [0.1, 0.15) is 17.5 Å². The molecule has 0 aliphatic rings.